The van der Waals surface area contributed by atoms with Crippen LogP contribution in [0.1, 0.15) is 52.7 Å². The Labute approximate surface area is 278 Å². The van der Waals surface area contributed by atoms with Gasteiger partial charge in [0, 0.05) is 49.4 Å². The Morgan fingerprint density at radius 3 is 2.26 bits per heavy atom. The molecule has 0 bridgehead atoms. The van der Waals surface area contributed by atoms with E-state index in [-0.39, 0.29) is 75.8 Å². The molecule has 0 amide bonds. The summed E-state index contributed by atoms with van der Waals surface area (Å²) in [5.41, 5.74) is 0.258. The third-order valence-corrected chi connectivity index (χ3v) is 8.21. The van der Waals surface area contributed by atoms with Crippen molar-refractivity contribution in [3.05, 3.63) is 87.1 Å². The Balaban J connectivity index is 2.09. The van der Waals surface area contributed by atoms with Gasteiger partial charge < -0.3 is 23.8 Å². The largest absolute Gasteiger partial charge is 0.461 e. The van der Waals surface area contributed by atoms with Crippen LogP contribution in [-0.4, -0.2) is 95.3 Å². The molecule has 1 aliphatic heterocycles. The summed E-state index contributed by atoms with van der Waals surface area (Å²) in [6, 6.07) is 15.8. The third-order valence-electron chi connectivity index (χ3n) is 7.38. The van der Waals surface area contributed by atoms with E-state index in [2.05, 4.69) is 0 Å². The van der Waals surface area contributed by atoms with Crippen LogP contribution < -0.4 is 0 Å². The maximum Gasteiger partial charge on any atom is 0.344 e. The predicted octanol–water partition coefficient (Wildman–Crippen LogP) is 5.05. The van der Waals surface area contributed by atoms with E-state index in [0.29, 0.717) is 24.5 Å². The molecule has 47 heavy (non-hydrogen) atoms. The molecule has 1 aliphatic rings. The number of carbonyl (C=O) groups excluding carboxylic acids is 1. The summed E-state index contributed by atoms with van der Waals surface area (Å²) in [7, 11) is 1.69. The first-order valence-electron chi connectivity index (χ1n) is 15.6. The number of esters is 1. The molecule has 256 valence electrons. The second-order valence-corrected chi connectivity index (χ2v) is 12.3. The molecule has 1 N–H and O–H groups in total. The summed E-state index contributed by atoms with van der Waals surface area (Å²) in [6.07, 6.45) is -0.0914. The molecule has 0 aromatic heterocycles. The Bertz CT molecular complexity index is 1460. The summed E-state index contributed by atoms with van der Waals surface area (Å²) in [5.74, 6) is -0.715. The third kappa shape index (κ3) is 9.99. The molecule has 3 rings (SSSR count). The van der Waals surface area contributed by atoms with Gasteiger partial charge in [-0.1, -0.05) is 42.5 Å². The first-order valence-corrected chi connectivity index (χ1v) is 16.5. The van der Waals surface area contributed by atoms with Crippen LogP contribution in [0.2, 0.25) is 0 Å². The molecule has 0 spiro atoms. The minimum absolute atomic E-state index is 0.000130. The number of nitro groups is 1. The van der Waals surface area contributed by atoms with Crippen LogP contribution in [0.15, 0.2) is 65.9 Å². The molecular weight excluding hydrogens is 625 g/mol. The zero-order valence-corrected chi connectivity index (χ0v) is 29.2. The van der Waals surface area contributed by atoms with Crippen molar-refractivity contribution in [1.82, 2.24) is 4.90 Å². The van der Waals surface area contributed by atoms with Crippen LogP contribution in [0.4, 0.5) is 5.69 Å². The van der Waals surface area contributed by atoms with Crippen molar-refractivity contribution < 1.29 is 43.1 Å². The van der Waals surface area contributed by atoms with E-state index >= 15 is 0 Å². The fraction of sp³-hybridized carbons (Fsp3) is 0.500. The number of hydroxylamine groups is 1. The van der Waals surface area contributed by atoms with Crippen molar-refractivity contribution in [2.75, 3.05) is 46.6 Å². The van der Waals surface area contributed by atoms with Gasteiger partial charge in [0.05, 0.1) is 45.4 Å². The number of hydrogen-bond acceptors (Lipinski definition) is 10. The molecule has 2 aromatic carbocycles. The van der Waals surface area contributed by atoms with Crippen molar-refractivity contribution in [2.45, 2.75) is 65.9 Å². The lowest BCUT2D eigenvalue weighted by Gasteiger charge is -2.37. The summed E-state index contributed by atoms with van der Waals surface area (Å²) >= 11 is 0. The molecule has 2 aromatic rings. The second-order valence-electron chi connectivity index (χ2n) is 11.7. The van der Waals surface area contributed by atoms with Gasteiger partial charge in [-0.2, -0.15) is 0 Å². The number of hydrogen-bond donors (Lipinski definition) is 1. The van der Waals surface area contributed by atoms with E-state index < -0.39 is 16.5 Å². The monoisotopic (exact) mass is 672 g/mol. The summed E-state index contributed by atoms with van der Waals surface area (Å²) in [6.45, 7) is 12.8. The minimum atomic E-state index is -1.77. The van der Waals surface area contributed by atoms with Gasteiger partial charge in [0.2, 0.25) is 11.4 Å². The fourth-order valence-corrected chi connectivity index (χ4v) is 5.96. The van der Waals surface area contributed by atoms with E-state index in [0.717, 1.165) is 5.56 Å². The Morgan fingerprint density at radius 1 is 0.979 bits per heavy atom. The molecule has 0 saturated heterocycles. The first-order chi connectivity index (χ1) is 22.4. The van der Waals surface area contributed by atoms with Gasteiger partial charge in [-0.15, -0.1) is 0 Å². The number of nitro benzene ring substituents is 1. The standard InChI is InChI=1S/C34H46N3O9P/c1-24(2)42-18-20-45-34(29-14-11-15-30(22-29)37(39)40)31(33(38)44-17-16-35(7)23-28-12-9-8-10-13-28)26(5)36(27(6)32(34)47-41)46-21-19-43-25(3)4/h8-15,22,24-25H,16-21,23H2,1-7H3/p+1. The quantitative estimate of drug-likeness (QED) is 0.0573. The number of benzene rings is 2. The predicted molar refractivity (Wildman–Crippen MR) is 180 cm³/mol. The minimum Gasteiger partial charge on any atom is -0.461 e. The van der Waals surface area contributed by atoms with Crippen LogP contribution in [0.25, 0.3) is 0 Å². The number of ether oxygens (including phenoxy) is 4. The van der Waals surface area contributed by atoms with E-state index in [1.807, 2.05) is 70.0 Å². The van der Waals surface area contributed by atoms with E-state index in [4.69, 9.17) is 23.8 Å². The summed E-state index contributed by atoms with van der Waals surface area (Å²) < 4.78 is 25.3. The number of non-ortho nitro benzene ring substituents is 1. The molecule has 1 atom stereocenters. The van der Waals surface area contributed by atoms with Crippen LogP contribution >= 0.6 is 8.43 Å². The lowest BCUT2D eigenvalue weighted by atomic mass is 9.78. The Kier molecular flexibility index (Phi) is 14.6. The molecule has 0 saturated carbocycles. The molecule has 12 nitrogen and oxygen atoms in total. The van der Waals surface area contributed by atoms with Gasteiger partial charge in [0.25, 0.3) is 5.69 Å². The second kappa shape index (κ2) is 18.1. The van der Waals surface area contributed by atoms with Crippen LogP contribution in [0.5, 0.6) is 0 Å². The van der Waals surface area contributed by atoms with Crippen molar-refractivity contribution in [2.24, 2.45) is 0 Å². The molecule has 0 radical (unpaired) electrons. The lowest BCUT2D eigenvalue weighted by molar-refractivity contribution is -0.754. The van der Waals surface area contributed by atoms with Crippen LogP contribution in [0.3, 0.4) is 0 Å². The summed E-state index contributed by atoms with van der Waals surface area (Å²) in [5, 5.41) is 12.1. The van der Waals surface area contributed by atoms with Crippen molar-refractivity contribution >= 4 is 31.1 Å². The molecule has 0 aliphatic carbocycles. The zero-order chi connectivity index (χ0) is 34.6. The fourth-order valence-electron chi connectivity index (χ4n) is 5.28. The maximum atomic E-state index is 14.3. The SMILES string of the molecule is CC1=C(C(=O)OCCN(C)Cc2ccccc2)C(OCCOC(C)C)(c2cccc([N+](=O)[O-])c2)C(=PO)C(C)=[N+]1OCCOC(C)C. The number of likely N-dealkylation sites (N-methyl/N-ethyl adjacent to an activating group) is 1. The zero-order valence-electron chi connectivity index (χ0n) is 28.3. The highest BCUT2D eigenvalue weighted by Crippen LogP contribution is 2.44. The number of rotatable bonds is 18. The van der Waals surface area contributed by atoms with Gasteiger partial charge >= 0.3 is 5.97 Å². The first kappa shape index (κ1) is 37.9. The maximum absolute atomic E-state index is 14.3. The van der Waals surface area contributed by atoms with Crippen molar-refractivity contribution in [1.29, 1.82) is 0 Å². The van der Waals surface area contributed by atoms with Crippen molar-refractivity contribution in [3.63, 3.8) is 0 Å². The van der Waals surface area contributed by atoms with E-state index in [1.54, 1.807) is 19.9 Å². The van der Waals surface area contributed by atoms with E-state index in [1.165, 1.54) is 22.9 Å². The average molecular weight is 673 g/mol. The highest BCUT2D eigenvalue weighted by molar-refractivity contribution is 7.38. The Morgan fingerprint density at radius 2 is 1.64 bits per heavy atom. The number of carbonyl (C=O) groups is 1. The van der Waals surface area contributed by atoms with Crippen molar-refractivity contribution in [3.8, 4) is 0 Å². The average Bonchev–Trinajstić information content (AvgIpc) is 3.02. The molecule has 13 heteroatoms. The molecule has 1 unspecified atom stereocenters. The van der Waals surface area contributed by atoms with Gasteiger partial charge in [-0.05, 0) is 40.3 Å². The number of allylic oxidation sites excluding steroid dienone is 1. The highest BCUT2D eigenvalue weighted by Gasteiger charge is 2.56. The van der Waals surface area contributed by atoms with Gasteiger partial charge in [0.1, 0.15) is 17.5 Å². The molecular formula is C34H47N3O9P+. The molecule has 1 heterocycles. The lowest BCUT2D eigenvalue weighted by Crippen LogP contribution is -2.52. The van der Waals surface area contributed by atoms with Gasteiger partial charge in [-0.25, -0.2) is 4.79 Å². The topological polar surface area (TPSA) is 133 Å². The van der Waals surface area contributed by atoms with Gasteiger partial charge in [-0.3, -0.25) is 19.9 Å². The van der Waals surface area contributed by atoms with Gasteiger partial charge in [0.15, 0.2) is 12.2 Å². The summed E-state index contributed by atoms with van der Waals surface area (Å²) in [4.78, 5) is 44.7. The molecule has 0 fully saturated rings. The number of nitrogens with zero attached hydrogens (tertiary/aromatic N) is 3. The Hall–Kier alpha value is -3.51. The normalized spacial score (nSPS) is 17.7. The van der Waals surface area contributed by atoms with Crippen LogP contribution in [0, 0.1) is 10.1 Å². The highest BCUT2D eigenvalue weighted by atomic mass is 31.1. The van der Waals surface area contributed by atoms with Crippen LogP contribution in [-0.2, 0) is 40.7 Å². The van der Waals surface area contributed by atoms with E-state index in [9.17, 15) is 19.8 Å². The smallest absolute Gasteiger partial charge is 0.344 e.